The Labute approximate surface area is 133 Å². The molecule has 1 aliphatic rings. The molecule has 5 nitrogen and oxygen atoms in total. The van der Waals surface area contributed by atoms with E-state index in [2.05, 4.69) is 10.3 Å². The highest BCUT2D eigenvalue weighted by molar-refractivity contribution is 5.80. The SMILES string of the molecule is O=C(NCc1cccnc1Oc1cccc(F)c1)[C@@H]1CCCO1. The minimum absolute atomic E-state index is 0.136. The van der Waals surface area contributed by atoms with E-state index in [-0.39, 0.29) is 24.4 Å². The summed E-state index contributed by atoms with van der Waals surface area (Å²) < 4.78 is 24.2. The molecule has 2 heterocycles. The van der Waals surface area contributed by atoms with Crippen LogP contribution in [-0.2, 0) is 16.1 Å². The maximum Gasteiger partial charge on any atom is 0.249 e. The summed E-state index contributed by atoms with van der Waals surface area (Å²) >= 11 is 0. The average molecular weight is 316 g/mol. The summed E-state index contributed by atoms with van der Waals surface area (Å²) in [6.07, 6.45) is 2.85. The van der Waals surface area contributed by atoms with Crippen molar-refractivity contribution in [3.05, 3.63) is 54.0 Å². The molecule has 1 fully saturated rings. The molecule has 6 heteroatoms. The van der Waals surface area contributed by atoms with Crippen LogP contribution >= 0.6 is 0 Å². The van der Waals surface area contributed by atoms with Gasteiger partial charge in [-0.05, 0) is 31.0 Å². The molecule has 0 radical (unpaired) electrons. The highest BCUT2D eigenvalue weighted by Gasteiger charge is 2.23. The van der Waals surface area contributed by atoms with Gasteiger partial charge in [0, 0.05) is 31.0 Å². The summed E-state index contributed by atoms with van der Waals surface area (Å²) in [5, 5.41) is 2.82. The van der Waals surface area contributed by atoms with E-state index in [0.717, 1.165) is 12.8 Å². The average Bonchev–Trinajstić information content (AvgIpc) is 3.08. The predicted octanol–water partition coefficient (Wildman–Crippen LogP) is 2.81. The number of nitrogens with one attached hydrogen (secondary N) is 1. The lowest BCUT2D eigenvalue weighted by Crippen LogP contribution is -2.33. The van der Waals surface area contributed by atoms with Crippen molar-refractivity contribution in [2.45, 2.75) is 25.5 Å². The second-order valence-electron chi connectivity index (χ2n) is 5.25. The molecule has 1 aromatic carbocycles. The largest absolute Gasteiger partial charge is 0.439 e. The van der Waals surface area contributed by atoms with E-state index >= 15 is 0 Å². The molecular formula is C17H17FN2O3. The lowest BCUT2D eigenvalue weighted by atomic mass is 10.2. The zero-order chi connectivity index (χ0) is 16.1. The molecule has 120 valence electrons. The third-order valence-corrected chi connectivity index (χ3v) is 3.54. The Morgan fingerprint density at radius 3 is 3.09 bits per heavy atom. The standard InChI is InChI=1S/C17H17FN2O3/c18-13-5-1-6-14(10-13)23-17-12(4-2-8-19-17)11-20-16(21)15-7-3-9-22-15/h1-2,4-6,8,10,15H,3,7,9,11H2,(H,20,21)/t15-/m0/s1. The van der Waals surface area contributed by atoms with Crippen LogP contribution in [0.15, 0.2) is 42.6 Å². The van der Waals surface area contributed by atoms with Gasteiger partial charge in [0.2, 0.25) is 11.8 Å². The van der Waals surface area contributed by atoms with Crippen LogP contribution in [0.2, 0.25) is 0 Å². The lowest BCUT2D eigenvalue weighted by molar-refractivity contribution is -0.130. The smallest absolute Gasteiger partial charge is 0.249 e. The number of amides is 1. The van der Waals surface area contributed by atoms with Gasteiger partial charge in [0.25, 0.3) is 0 Å². The number of carbonyl (C=O) groups is 1. The Hall–Kier alpha value is -2.47. The van der Waals surface area contributed by atoms with Crippen LogP contribution in [0.4, 0.5) is 4.39 Å². The van der Waals surface area contributed by atoms with E-state index in [1.54, 1.807) is 30.5 Å². The number of halogens is 1. The van der Waals surface area contributed by atoms with Crippen LogP contribution < -0.4 is 10.1 Å². The van der Waals surface area contributed by atoms with Gasteiger partial charge in [0.05, 0.1) is 0 Å². The van der Waals surface area contributed by atoms with Crippen molar-refractivity contribution in [3.63, 3.8) is 0 Å². The van der Waals surface area contributed by atoms with Crippen molar-refractivity contribution in [3.8, 4) is 11.6 Å². The number of hydrogen-bond donors (Lipinski definition) is 1. The van der Waals surface area contributed by atoms with E-state index < -0.39 is 0 Å². The number of benzene rings is 1. The van der Waals surface area contributed by atoms with Gasteiger partial charge in [0.15, 0.2) is 0 Å². The second kappa shape index (κ2) is 7.19. The first-order chi connectivity index (χ1) is 11.2. The maximum absolute atomic E-state index is 13.2. The van der Waals surface area contributed by atoms with Crippen LogP contribution in [0, 0.1) is 5.82 Å². The zero-order valence-electron chi connectivity index (χ0n) is 12.5. The van der Waals surface area contributed by atoms with E-state index in [4.69, 9.17) is 9.47 Å². The molecule has 1 atom stereocenters. The molecule has 2 aromatic rings. The van der Waals surface area contributed by atoms with Gasteiger partial charge in [-0.1, -0.05) is 12.1 Å². The molecule has 0 aliphatic carbocycles. The van der Waals surface area contributed by atoms with Gasteiger partial charge in [-0.2, -0.15) is 0 Å². The van der Waals surface area contributed by atoms with Crippen molar-refractivity contribution in [1.82, 2.24) is 10.3 Å². The summed E-state index contributed by atoms with van der Waals surface area (Å²) in [6.45, 7) is 0.899. The van der Waals surface area contributed by atoms with Crippen molar-refractivity contribution < 1.29 is 18.7 Å². The fourth-order valence-electron chi connectivity index (χ4n) is 2.37. The van der Waals surface area contributed by atoms with Crippen LogP contribution in [0.3, 0.4) is 0 Å². The molecule has 1 N–H and O–H groups in total. The van der Waals surface area contributed by atoms with Gasteiger partial charge < -0.3 is 14.8 Å². The van der Waals surface area contributed by atoms with Gasteiger partial charge in [0.1, 0.15) is 17.7 Å². The lowest BCUT2D eigenvalue weighted by Gasteiger charge is -2.13. The van der Waals surface area contributed by atoms with Crippen molar-refractivity contribution in [1.29, 1.82) is 0 Å². The first kappa shape index (κ1) is 15.4. The summed E-state index contributed by atoms with van der Waals surface area (Å²) in [4.78, 5) is 16.1. The molecule has 1 aromatic heterocycles. The van der Waals surface area contributed by atoms with E-state index in [9.17, 15) is 9.18 Å². The van der Waals surface area contributed by atoms with Crippen LogP contribution in [0.5, 0.6) is 11.6 Å². The molecule has 0 bridgehead atoms. The van der Waals surface area contributed by atoms with Crippen molar-refractivity contribution in [2.75, 3.05) is 6.61 Å². The van der Waals surface area contributed by atoms with Crippen LogP contribution in [0.25, 0.3) is 0 Å². The number of hydrogen-bond acceptors (Lipinski definition) is 4. The highest BCUT2D eigenvalue weighted by atomic mass is 19.1. The monoisotopic (exact) mass is 316 g/mol. The Morgan fingerprint density at radius 1 is 1.39 bits per heavy atom. The maximum atomic E-state index is 13.2. The quantitative estimate of drug-likeness (QED) is 0.921. The third-order valence-electron chi connectivity index (χ3n) is 3.54. The molecule has 23 heavy (non-hydrogen) atoms. The molecule has 0 spiro atoms. The Balaban J connectivity index is 1.66. The van der Waals surface area contributed by atoms with E-state index in [0.29, 0.717) is 23.8 Å². The molecule has 0 unspecified atom stereocenters. The first-order valence-corrected chi connectivity index (χ1v) is 7.49. The fourth-order valence-corrected chi connectivity index (χ4v) is 2.37. The van der Waals surface area contributed by atoms with Gasteiger partial charge in [-0.3, -0.25) is 4.79 Å². The summed E-state index contributed by atoms with van der Waals surface area (Å²) in [6, 6.07) is 9.39. The van der Waals surface area contributed by atoms with Gasteiger partial charge >= 0.3 is 0 Å². The predicted molar refractivity (Wildman–Crippen MR) is 81.5 cm³/mol. The Morgan fingerprint density at radius 2 is 2.30 bits per heavy atom. The first-order valence-electron chi connectivity index (χ1n) is 7.49. The second-order valence-corrected chi connectivity index (χ2v) is 5.25. The van der Waals surface area contributed by atoms with Crippen molar-refractivity contribution >= 4 is 5.91 Å². The number of pyridine rings is 1. The normalized spacial score (nSPS) is 17.0. The molecule has 1 aliphatic heterocycles. The summed E-state index contributed by atoms with van der Waals surface area (Å²) in [5.74, 6) is 0.177. The zero-order valence-corrected chi connectivity index (χ0v) is 12.5. The molecule has 3 rings (SSSR count). The number of nitrogens with zero attached hydrogens (tertiary/aromatic N) is 1. The molecule has 1 amide bonds. The molecule has 0 saturated carbocycles. The van der Waals surface area contributed by atoms with E-state index in [1.807, 2.05) is 0 Å². The topological polar surface area (TPSA) is 60.5 Å². The van der Waals surface area contributed by atoms with Crippen LogP contribution in [-0.4, -0.2) is 23.6 Å². The Bertz CT molecular complexity index is 687. The number of rotatable bonds is 5. The van der Waals surface area contributed by atoms with E-state index in [1.165, 1.54) is 12.1 Å². The molecule has 1 saturated heterocycles. The van der Waals surface area contributed by atoms with Crippen LogP contribution in [0.1, 0.15) is 18.4 Å². The molecular weight excluding hydrogens is 299 g/mol. The van der Waals surface area contributed by atoms with Gasteiger partial charge in [-0.15, -0.1) is 0 Å². The Kier molecular flexibility index (Phi) is 4.83. The number of ether oxygens (including phenoxy) is 2. The summed E-state index contributed by atoms with van der Waals surface area (Å²) in [5.41, 5.74) is 0.711. The van der Waals surface area contributed by atoms with Crippen molar-refractivity contribution in [2.24, 2.45) is 0 Å². The number of carbonyl (C=O) groups excluding carboxylic acids is 1. The highest BCUT2D eigenvalue weighted by Crippen LogP contribution is 2.23. The fraction of sp³-hybridized carbons (Fsp3) is 0.294. The third kappa shape index (κ3) is 4.04. The minimum Gasteiger partial charge on any atom is -0.439 e. The summed E-state index contributed by atoms with van der Waals surface area (Å²) in [7, 11) is 0. The minimum atomic E-state index is -0.383. The number of aromatic nitrogens is 1. The van der Waals surface area contributed by atoms with Gasteiger partial charge in [-0.25, -0.2) is 9.37 Å².